The number of carboxylic acids is 1. The van der Waals surface area contributed by atoms with Crippen molar-refractivity contribution >= 4 is 24.7 Å². The molecule has 0 heterocycles. The van der Waals surface area contributed by atoms with Crippen molar-refractivity contribution in [3.05, 3.63) is 0 Å². The Balaban J connectivity index is 5.25. The first kappa shape index (κ1) is 17.1. The van der Waals surface area contributed by atoms with Crippen LogP contribution in [0.2, 0.25) is 0 Å². The average molecular weight is 277 g/mol. The molecular formula is C12H23NO4S. The molecule has 0 aliphatic heterocycles. The molecule has 0 aromatic carbocycles. The molecule has 1 amide bonds. The third kappa shape index (κ3) is 5.16. The lowest BCUT2D eigenvalue weighted by Crippen LogP contribution is -2.56. The van der Waals surface area contributed by atoms with Gasteiger partial charge in [0.1, 0.15) is 11.6 Å². The van der Waals surface area contributed by atoms with E-state index >= 15 is 0 Å². The second-order valence-electron chi connectivity index (χ2n) is 6.06. The van der Waals surface area contributed by atoms with Gasteiger partial charge in [-0.05, 0) is 41.5 Å². The molecule has 0 fully saturated rings. The fourth-order valence-corrected chi connectivity index (χ4v) is 1.77. The minimum absolute atomic E-state index is 0.0336. The average Bonchev–Trinajstić information content (AvgIpc) is 2.07. The third-order valence-electron chi connectivity index (χ3n) is 2.08. The lowest BCUT2D eigenvalue weighted by atomic mass is 10.0. The number of ether oxygens (including phenoxy) is 1. The molecule has 0 saturated carbocycles. The Morgan fingerprint density at radius 1 is 1.22 bits per heavy atom. The number of aliphatic carboxylic acids is 1. The smallest absolute Gasteiger partial charge is 0.411 e. The maximum absolute atomic E-state index is 12.1. The largest absolute Gasteiger partial charge is 0.480 e. The van der Waals surface area contributed by atoms with E-state index in [9.17, 15) is 9.59 Å². The second-order valence-corrected chi connectivity index (χ2v) is 6.42. The van der Waals surface area contributed by atoms with Gasteiger partial charge in [-0.15, -0.1) is 0 Å². The van der Waals surface area contributed by atoms with Gasteiger partial charge in [-0.1, -0.05) is 0 Å². The molecule has 0 aromatic rings. The number of carboxylic acid groups (broad SMARTS) is 1. The fourth-order valence-electron chi connectivity index (χ4n) is 1.45. The van der Waals surface area contributed by atoms with Gasteiger partial charge in [-0.3, -0.25) is 4.90 Å². The van der Waals surface area contributed by atoms with Crippen molar-refractivity contribution in [2.45, 2.75) is 58.7 Å². The summed E-state index contributed by atoms with van der Waals surface area (Å²) in [5, 5.41) is 9.16. The maximum atomic E-state index is 12.1. The Morgan fingerprint density at radius 2 is 1.67 bits per heavy atom. The molecule has 0 aliphatic rings. The number of amides is 1. The highest BCUT2D eigenvalue weighted by Crippen LogP contribution is 2.22. The van der Waals surface area contributed by atoms with Gasteiger partial charge in [0.05, 0.1) is 0 Å². The molecule has 0 radical (unpaired) electrons. The monoisotopic (exact) mass is 277 g/mol. The van der Waals surface area contributed by atoms with Gasteiger partial charge in [0.25, 0.3) is 0 Å². The molecule has 0 saturated heterocycles. The number of carbonyl (C=O) groups is 2. The number of thiol groups is 1. The van der Waals surface area contributed by atoms with Gasteiger partial charge in [0.2, 0.25) is 0 Å². The third-order valence-corrected chi connectivity index (χ3v) is 2.43. The van der Waals surface area contributed by atoms with Crippen LogP contribution in [0, 0.1) is 0 Å². The SMILES string of the molecule is CC(C)(C)OC(=O)N(C(CS)C(=O)O)C(C)(C)C. The zero-order valence-electron chi connectivity index (χ0n) is 11.9. The van der Waals surface area contributed by atoms with Crippen LogP contribution in [0.3, 0.4) is 0 Å². The molecule has 6 heteroatoms. The van der Waals surface area contributed by atoms with Crippen molar-refractivity contribution in [2.75, 3.05) is 5.75 Å². The highest BCUT2D eigenvalue weighted by atomic mass is 32.1. The zero-order chi connectivity index (χ0) is 14.7. The lowest BCUT2D eigenvalue weighted by Gasteiger charge is -2.39. The van der Waals surface area contributed by atoms with E-state index in [0.717, 1.165) is 0 Å². The summed E-state index contributed by atoms with van der Waals surface area (Å²) in [7, 11) is 0. The number of carbonyl (C=O) groups excluding carboxylic acids is 1. The molecular weight excluding hydrogens is 254 g/mol. The topological polar surface area (TPSA) is 66.8 Å². The van der Waals surface area contributed by atoms with Crippen LogP contribution >= 0.6 is 12.6 Å². The molecule has 0 spiro atoms. The van der Waals surface area contributed by atoms with Crippen LogP contribution in [0.5, 0.6) is 0 Å². The lowest BCUT2D eigenvalue weighted by molar-refractivity contribution is -0.144. The Bertz CT molecular complexity index is 317. The zero-order valence-corrected chi connectivity index (χ0v) is 12.7. The van der Waals surface area contributed by atoms with Gasteiger partial charge in [-0.2, -0.15) is 12.6 Å². The van der Waals surface area contributed by atoms with E-state index in [4.69, 9.17) is 9.84 Å². The molecule has 1 atom stereocenters. The number of hydrogen-bond acceptors (Lipinski definition) is 4. The number of nitrogens with zero attached hydrogens (tertiary/aromatic N) is 1. The first-order chi connectivity index (χ1) is 7.90. The number of hydrogen-bond donors (Lipinski definition) is 2. The summed E-state index contributed by atoms with van der Waals surface area (Å²) >= 11 is 4.00. The van der Waals surface area contributed by atoms with Crippen molar-refractivity contribution in [2.24, 2.45) is 0 Å². The van der Waals surface area contributed by atoms with Crippen molar-refractivity contribution in [1.82, 2.24) is 4.90 Å². The highest BCUT2D eigenvalue weighted by molar-refractivity contribution is 7.80. The van der Waals surface area contributed by atoms with E-state index in [0.29, 0.717) is 0 Å². The predicted molar refractivity (Wildman–Crippen MR) is 73.1 cm³/mol. The van der Waals surface area contributed by atoms with Gasteiger partial charge < -0.3 is 9.84 Å². The fraction of sp³-hybridized carbons (Fsp3) is 0.833. The summed E-state index contributed by atoms with van der Waals surface area (Å²) < 4.78 is 5.25. The van der Waals surface area contributed by atoms with Gasteiger partial charge in [0, 0.05) is 11.3 Å². The molecule has 0 aliphatic carbocycles. The van der Waals surface area contributed by atoms with Crippen LogP contribution < -0.4 is 0 Å². The Kier molecular flexibility index (Phi) is 5.53. The second kappa shape index (κ2) is 5.82. The van der Waals surface area contributed by atoms with Crippen LogP contribution in [0.15, 0.2) is 0 Å². The summed E-state index contributed by atoms with van der Waals surface area (Å²) in [6, 6.07) is -1.01. The van der Waals surface area contributed by atoms with Crippen molar-refractivity contribution in [3.8, 4) is 0 Å². The van der Waals surface area contributed by atoms with Crippen LogP contribution in [-0.2, 0) is 9.53 Å². The van der Waals surface area contributed by atoms with Crippen LogP contribution in [0.1, 0.15) is 41.5 Å². The molecule has 0 bridgehead atoms. The highest BCUT2D eigenvalue weighted by Gasteiger charge is 2.39. The standard InChI is InChI=1S/C12H23NO4S/c1-11(2,3)13(8(7-18)9(14)15)10(16)17-12(4,5)6/h8,18H,7H2,1-6H3,(H,14,15). The number of rotatable bonds is 3. The van der Waals surface area contributed by atoms with E-state index in [-0.39, 0.29) is 5.75 Å². The first-order valence-corrected chi connectivity index (χ1v) is 6.39. The molecule has 1 unspecified atom stereocenters. The normalized spacial score (nSPS) is 13.9. The maximum Gasteiger partial charge on any atom is 0.411 e. The van der Waals surface area contributed by atoms with Gasteiger partial charge in [0.15, 0.2) is 0 Å². The van der Waals surface area contributed by atoms with E-state index < -0.39 is 29.2 Å². The Morgan fingerprint density at radius 3 is 1.89 bits per heavy atom. The van der Waals surface area contributed by atoms with E-state index in [2.05, 4.69) is 12.6 Å². The quantitative estimate of drug-likeness (QED) is 0.777. The van der Waals surface area contributed by atoms with Crippen LogP contribution in [-0.4, -0.2) is 45.0 Å². The van der Waals surface area contributed by atoms with Gasteiger partial charge >= 0.3 is 12.1 Å². The van der Waals surface area contributed by atoms with Crippen molar-refractivity contribution in [1.29, 1.82) is 0 Å². The summed E-state index contributed by atoms with van der Waals surface area (Å²) in [5.74, 6) is -1.06. The first-order valence-electron chi connectivity index (χ1n) is 5.76. The van der Waals surface area contributed by atoms with Crippen molar-refractivity contribution < 1.29 is 19.4 Å². The summed E-state index contributed by atoms with van der Waals surface area (Å²) in [6.45, 7) is 10.5. The molecule has 0 aromatic heterocycles. The van der Waals surface area contributed by atoms with Crippen LogP contribution in [0.4, 0.5) is 4.79 Å². The summed E-state index contributed by atoms with van der Waals surface area (Å²) in [4.78, 5) is 24.5. The van der Waals surface area contributed by atoms with E-state index in [1.807, 2.05) is 0 Å². The van der Waals surface area contributed by atoms with Crippen molar-refractivity contribution in [3.63, 3.8) is 0 Å². The predicted octanol–water partition coefficient (Wildman–Crippen LogP) is 2.41. The molecule has 106 valence electrons. The Labute approximate surface area is 114 Å². The van der Waals surface area contributed by atoms with E-state index in [1.54, 1.807) is 41.5 Å². The minimum atomic E-state index is -1.09. The summed E-state index contributed by atoms with van der Waals surface area (Å²) in [5.41, 5.74) is -1.33. The van der Waals surface area contributed by atoms with E-state index in [1.165, 1.54) is 4.90 Å². The molecule has 0 rings (SSSR count). The minimum Gasteiger partial charge on any atom is -0.480 e. The Hall–Kier alpha value is -0.910. The molecule has 18 heavy (non-hydrogen) atoms. The van der Waals surface area contributed by atoms with Crippen LogP contribution in [0.25, 0.3) is 0 Å². The molecule has 5 nitrogen and oxygen atoms in total. The van der Waals surface area contributed by atoms with Gasteiger partial charge in [-0.25, -0.2) is 9.59 Å². The summed E-state index contributed by atoms with van der Waals surface area (Å²) in [6.07, 6.45) is -0.642. The molecule has 1 N–H and O–H groups in total.